The van der Waals surface area contributed by atoms with Crippen LogP contribution in [0.2, 0.25) is 0 Å². The van der Waals surface area contributed by atoms with Crippen molar-refractivity contribution >= 4 is 28.8 Å². The Hall–Kier alpha value is -3.19. The zero-order valence-electron chi connectivity index (χ0n) is 16.7. The summed E-state index contributed by atoms with van der Waals surface area (Å²) in [5.41, 5.74) is -1.21. The SMILES string of the molecule is COc1cc(C(=O)N2CCN(C(=O)c3cnccc3C(F)(F)F)CC2)ccc1NS(=O)[O-]. The number of anilines is 1. The number of aromatic nitrogens is 1. The highest BCUT2D eigenvalue weighted by atomic mass is 32.2. The van der Waals surface area contributed by atoms with Crippen molar-refractivity contribution in [2.45, 2.75) is 6.18 Å². The normalized spacial score (nSPS) is 15.3. The van der Waals surface area contributed by atoms with Crippen LogP contribution in [0.15, 0.2) is 36.7 Å². The maximum absolute atomic E-state index is 13.2. The standard InChI is InChI=1S/C19H19F3N4O5S/c1-31-16-10-12(2-3-15(16)24-32(29)30)17(27)25-6-8-26(9-7-25)18(28)13-11-23-5-4-14(13)19(20,21)22/h2-5,10-11,24H,6-9H2,1H3,(H,29,30)/p-1. The molecule has 13 heteroatoms. The third-order valence-electron chi connectivity index (χ3n) is 4.85. The number of ether oxygens (including phenoxy) is 1. The van der Waals surface area contributed by atoms with Crippen molar-refractivity contribution in [1.82, 2.24) is 14.8 Å². The molecule has 1 aromatic heterocycles. The van der Waals surface area contributed by atoms with Crippen LogP contribution in [0.1, 0.15) is 26.3 Å². The Balaban J connectivity index is 1.69. The van der Waals surface area contributed by atoms with Crippen molar-refractivity contribution < 1.29 is 36.3 Å². The van der Waals surface area contributed by atoms with Crippen LogP contribution in [0.4, 0.5) is 18.9 Å². The molecule has 9 nitrogen and oxygen atoms in total. The number of carbonyl (C=O) groups excluding carboxylic acids is 2. The number of piperazine rings is 1. The van der Waals surface area contributed by atoms with Crippen molar-refractivity contribution in [3.8, 4) is 5.75 Å². The number of methoxy groups -OCH3 is 1. The van der Waals surface area contributed by atoms with Gasteiger partial charge in [0.15, 0.2) is 0 Å². The van der Waals surface area contributed by atoms with Crippen LogP contribution in [0, 0.1) is 0 Å². The highest BCUT2D eigenvalue weighted by Crippen LogP contribution is 2.32. The molecule has 172 valence electrons. The van der Waals surface area contributed by atoms with Crippen molar-refractivity contribution in [2.75, 3.05) is 38.0 Å². The molecule has 1 aliphatic rings. The van der Waals surface area contributed by atoms with E-state index in [9.17, 15) is 31.5 Å². The summed E-state index contributed by atoms with van der Waals surface area (Å²) in [6.07, 6.45) is -2.83. The van der Waals surface area contributed by atoms with Gasteiger partial charge in [-0.2, -0.15) is 13.2 Å². The lowest BCUT2D eigenvalue weighted by atomic mass is 10.1. The van der Waals surface area contributed by atoms with Crippen LogP contribution >= 0.6 is 0 Å². The average Bonchev–Trinajstić information content (AvgIpc) is 2.77. The molecule has 0 saturated carbocycles. The minimum absolute atomic E-state index is 0.0443. The van der Waals surface area contributed by atoms with E-state index < -0.39 is 34.5 Å². The molecule has 1 aromatic carbocycles. The number of pyridine rings is 1. The van der Waals surface area contributed by atoms with Crippen molar-refractivity contribution in [3.63, 3.8) is 0 Å². The zero-order valence-corrected chi connectivity index (χ0v) is 17.5. The van der Waals surface area contributed by atoms with Gasteiger partial charge in [-0.1, -0.05) is 0 Å². The van der Waals surface area contributed by atoms with E-state index in [4.69, 9.17) is 4.74 Å². The van der Waals surface area contributed by atoms with Crippen molar-refractivity contribution in [2.24, 2.45) is 0 Å². The van der Waals surface area contributed by atoms with E-state index in [0.29, 0.717) is 0 Å². The predicted molar refractivity (Wildman–Crippen MR) is 107 cm³/mol. The zero-order chi connectivity index (χ0) is 23.5. The quantitative estimate of drug-likeness (QED) is 0.667. The predicted octanol–water partition coefficient (Wildman–Crippen LogP) is 1.91. The van der Waals surface area contributed by atoms with Crippen molar-refractivity contribution in [1.29, 1.82) is 0 Å². The second-order valence-corrected chi connectivity index (χ2v) is 7.43. The maximum atomic E-state index is 13.2. The first kappa shape index (κ1) is 23.5. The molecule has 0 aliphatic carbocycles. The molecular weight excluding hydrogens is 453 g/mol. The van der Waals surface area contributed by atoms with Gasteiger partial charge in [-0.25, -0.2) is 0 Å². The molecular formula is C19H18F3N4O5S-. The van der Waals surface area contributed by atoms with Gasteiger partial charge in [0.1, 0.15) is 5.75 Å². The Bertz CT molecular complexity index is 1040. The Morgan fingerprint density at radius 3 is 2.31 bits per heavy atom. The van der Waals surface area contributed by atoms with E-state index in [0.717, 1.165) is 18.5 Å². The summed E-state index contributed by atoms with van der Waals surface area (Å²) in [5.74, 6) is -1.05. The fourth-order valence-electron chi connectivity index (χ4n) is 3.28. The van der Waals surface area contributed by atoms with Gasteiger partial charge in [0.05, 0.1) is 23.9 Å². The highest BCUT2D eigenvalue weighted by Gasteiger charge is 2.37. The van der Waals surface area contributed by atoms with Crippen LogP contribution in [0.5, 0.6) is 5.75 Å². The second-order valence-electron chi connectivity index (χ2n) is 6.76. The first-order valence-electron chi connectivity index (χ1n) is 9.25. The van der Waals surface area contributed by atoms with E-state index in [2.05, 4.69) is 9.71 Å². The number of hydrogen-bond donors (Lipinski definition) is 1. The number of amides is 2. The number of benzene rings is 1. The van der Waals surface area contributed by atoms with Gasteiger partial charge >= 0.3 is 6.18 Å². The summed E-state index contributed by atoms with van der Waals surface area (Å²) >= 11 is -2.57. The molecule has 32 heavy (non-hydrogen) atoms. The molecule has 3 rings (SSSR count). The molecule has 0 spiro atoms. The Morgan fingerprint density at radius 1 is 1.12 bits per heavy atom. The maximum Gasteiger partial charge on any atom is 0.417 e. The van der Waals surface area contributed by atoms with Gasteiger partial charge in [-0.05, 0) is 24.3 Å². The average molecular weight is 471 g/mol. The Morgan fingerprint density at radius 2 is 1.75 bits per heavy atom. The first-order chi connectivity index (χ1) is 15.1. The summed E-state index contributed by atoms with van der Waals surface area (Å²) in [4.78, 5) is 31.8. The minimum Gasteiger partial charge on any atom is -0.755 e. The van der Waals surface area contributed by atoms with E-state index >= 15 is 0 Å². The van der Waals surface area contributed by atoms with Crippen LogP contribution in [-0.4, -0.2) is 68.6 Å². The summed E-state index contributed by atoms with van der Waals surface area (Å²) in [5, 5.41) is 0. The van der Waals surface area contributed by atoms with Crippen molar-refractivity contribution in [3.05, 3.63) is 53.3 Å². The summed E-state index contributed by atoms with van der Waals surface area (Å²) < 4.78 is 68.5. The monoisotopic (exact) mass is 471 g/mol. The number of nitrogens with zero attached hydrogens (tertiary/aromatic N) is 3. The number of rotatable bonds is 5. The third-order valence-corrected chi connectivity index (χ3v) is 5.24. The molecule has 1 fully saturated rings. The fraction of sp³-hybridized carbons (Fsp3) is 0.316. The molecule has 1 N–H and O–H groups in total. The minimum atomic E-state index is -4.69. The van der Waals surface area contributed by atoms with Crippen LogP contribution in [-0.2, 0) is 17.4 Å². The highest BCUT2D eigenvalue weighted by molar-refractivity contribution is 7.80. The molecule has 0 radical (unpaired) electrons. The largest absolute Gasteiger partial charge is 0.755 e. The van der Waals surface area contributed by atoms with Crippen LogP contribution < -0.4 is 9.46 Å². The lowest BCUT2D eigenvalue weighted by Gasteiger charge is -2.35. The second kappa shape index (κ2) is 9.53. The number of halogens is 3. The van der Waals surface area contributed by atoms with E-state index in [1.807, 2.05) is 0 Å². The molecule has 1 atom stereocenters. The van der Waals surface area contributed by atoms with Crippen LogP contribution in [0.25, 0.3) is 0 Å². The van der Waals surface area contributed by atoms with Gasteiger partial charge in [0.25, 0.3) is 11.8 Å². The summed E-state index contributed by atoms with van der Waals surface area (Å²) in [6.45, 7) is 0.309. The van der Waals surface area contributed by atoms with E-state index in [1.54, 1.807) is 0 Å². The number of alkyl halides is 3. The molecule has 1 unspecified atom stereocenters. The summed E-state index contributed by atoms with van der Waals surface area (Å²) in [7, 11) is 1.32. The van der Waals surface area contributed by atoms with Crippen LogP contribution in [0.3, 0.4) is 0 Å². The smallest absolute Gasteiger partial charge is 0.417 e. The molecule has 2 heterocycles. The molecule has 2 aromatic rings. The van der Waals surface area contributed by atoms with Gasteiger partial charge in [0, 0.05) is 55.4 Å². The molecule has 0 bridgehead atoms. The van der Waals surface area contributed by atoms with Gasteiger partial charge < -0.3 is 23.8 Å². The first-order valence-corrected chi connectivity index (χ1v) is 10.3. The van der Waals surface area contributed by atoms with E-state index in [-0.39, 0.29) is 49.1 Å². The Kier molecular flexibility index (Phi) is 6.99. The fourth-order valence-corrected chi connectivity index (χ4v) is 3.62. The Labute approximate surface area is 183 Å². The lowest BCUT2D eigenvalue weighted by Crippen LogP contribution is -2.50. The number of hydrogen-bond acceptors (Lipinski definition) is 6. The van der Waals surface area contributed by atoms with E-state index in [1.165, 1.54) is 35.1 Å². The molecule has 1 saturated heterocycles. The number of carbonyl (C=O) groups is 2. The topological polar surface area (TPSA) is 115 Å². The van der Waals surface area contributed by atoms with Gasteiger partial charge in [-0.3, -0.25) is 18.8 Å². The third kappa shape index (κ3) is 5.16. The molecule has 2 amide bonds. The molecule has 1 aliphatic heterocycles. The summed E-state index contributed by atoms with van der Waals surface area (Å²) in [6, 6.07) is 4.92. The lowest BCUT2D eigenvalue weighted by molar-refractivity contribution is -0.138. The van der Waals surface area contributed by atoms with Gasteiger partial charge in [-0.15, -0.1) is 0 Å². The number of nitrogens with one attached hydrogen (secondary N) is 1. The van der Waals surface area contributed by atoms with Gasteiger partial charge in [0.2, 0.25) is 0 Å².